The van der Waals surface area contributed by atoms with Crippen molar-refractivity contribution in [3.63, 3.8) is 0 Å². The lowest BCUT2D eigenvalue weighted by molar-refractivity contribution is 0.0194. The van der Waals surface area contributed by atoms with Crippen molar-refractivity contribution in [2.75, 3.05) is 51.8 Å². The Morgan fingerprint density at radius 1 is 1.15 bits per heavy atom. The summed E-state index contributed by atoms with van der Waals surface area (Å²) in [5.41, 5.74) is 0.471. The highest BCUT2D eigenvalue weighted by atomic mass is 32.2. The molecule has 9 heteroatoms. The third-order valence-electron chi connectivity index (χ3n) is 4.97. The number of nitrogens with one attached hydrogen (secondary N) is 2. The molecule has 0 unspecified atom stereocenters. The van der Waals surface area contributed by atoms with Gasteiger partial charge in [-0.3, -0.25) is 4.90 Å². The van der Waals surface area contributed by atoms with Crippen molar-refractivity contribution in [2.24, 2.45) is 0 Å². The Morgan fingerprint density at radius 2 is 1.85 bits per heavy atom. The molecular formula is C17H26N4O4S. The van der Waals surface area contributed by atoms with E-state index in [0.29, 0.717) is 24.8 Å². The molecule has 3 rings (SSSR count). The predicted octanol–water partition coefficient (Wildman–Crippen LogP) is 0.923. The van der Waals surface area contributed by atoms with Crippen LogP contribution in [0, 0.1) is 0 Å². The van der Waals surface area contributed by atoms with E-state index in [2.05, 4.69) is 14.9 Å². The highest BCUT2D eigenvalue weighted by Gasteiger charge is 2.27. The quantitative estimate of drug-likeness (QED) is 0.808. The summed E-state index contributed by atoms with van der Waals surface area (Å²) in [5.74, 6) is 0. The van der Waals surface area contributed by atoms with Gasteiger partial charge >= 0.3 is 6.03 Å². The van der Waals surface area contributed by atoms with Crippen molar-refractivity contribution in [1.29, 1.82) is 0 Å². The predicted molar refractivity (Wildman–Crippen MR) is 98.7 cm³/mol. The number of rotatable bonds is 4. The van der Waals surface area contributed by atoms with Crippen LogP contribution in [0.3, 0.4) is 0 Å². The molecule has 26 heavy (non-hydrogen) atoms. The summed E-state index contributed by atoms with van der Waals surface area (Å²) in [6.07, 6.45) is 2.11. The monoisotopic (exact) mass is 382 g/mol. The van der Waals surface area contributed by atoms with E-state index in [9.17, 15) is 13.2 Å². The summed E-state index contributed by atoms with van der Waals surface area (Å²) in [5, 5.41) is 2.80. The molecule has 0 aliphatic carbocycles. The van der Waals surface area contributed by atoms with Gasteiger partial charge in [-0.2, -0.15) is 0 Å². The molecule has 144 valence electrons. The van der Waals surface area contributed by atoms with Crippen molar-refractivity contribution in [3.8, 4) is 0 Å². The van der Waals surface area contributed by atoms with Gasteiger partial charge < -0.3 is 15.0 Å². The van der Waals surface area contributed by atoms with E-state index >= 15 is 0 Å². The SMILES string of the molecule is CNS(=O)(=O)c1cccc(NC(=O)N2CCN(C3CCOCC3)CC2)c1. The van der Waals surface area contributed by atoms with Crippen molar-refractivity contribution in [2.45, 2.75) is 23.8 Å². The van der Waals surface area contributed by atoms with Crippen LogP contribution in [0.15, 0.2) is 29.2 Å². The van der Waals surface area contributed by atoms with Gasteiger partial charge in [-0.1, -0.05) is 6.07 Å². The molecule has 2 heterocycles. The third kappa shape index (κ3) is 4.53. The van der Waals surface area contributed by atoms with Crippen LogP contribution < -0.4 is 10.0 Å². The van der Waals surface area contributed by atoms with Crippen LogP contribution in [0.25, 0.3) is 0 Å². The van der Waals surface area contributed by atoms with Gasteiger partial charge in [0.2, 0.25) is 10.0 Å². The Morgan fingerprint density at radius 3 is 2.50 bits per heavy atom. The number of sulfonamides is 1. The first-order valence-corrected chi connectivity index (χ1v) is 10.4. The second-order valence-corrected chi connectivity index (χ2v) is 8.42. The number of carbonyl (C=O) groups excluding carboxylic acids is 1. The minimum atomic E-state index is -3.53. The third-order valence-corrected chi connectivity index (χ3v) is 6.39. The highest BCUT2D eigenvalue weighted by Crippen LogP contribution is 2.18. The molecule has 2 aliphatic heterocycles. The summed E-state index contributed by atoms with van der Waals surface area (Å²) in [6.45, 7) is 4.67. The standard InChI is InChI=1S/C17H26N4O4S/c1-18-26(23,24)16-4-2-3-14(13-16)19-17(22)21-9-7-20(8-10-21)15-5-11-25-12-6-15/h2-4,13,15,18H,5-12H2,1H3,(H,19,22). The van der Waals surface area contributed by atoms with Crippen LogP contribution in [0.4, 0.5) is 10.5 Å². The largest absolute Gasteiger partial charge is 0.381 e. The fourth-order valence-corrected chi connectivity index (χ4v) is 4.18. The second-order valence-electron chi connectivity index (χ2n) is 6.53. The number of amides is 2. The number of benzene rings is 1. The Hall–Kier alpha value is -1.68. The maximum Gasteiger partial charge on any atom is 0.321 e. The van der Waals surface area contributed by atoms with Gasteiger partial charge in [-0.15, -0.1) is 0 Å². The van der Waals surface area contributed by atoms with E-state index in [0.717, 1.165) is 39.1 Å². The zero-order valence-electron chi connectivity index (χ0n) is 15.0. The van der Waals surface area contributed by atoms with Gasteiger partial charge in [0.05, 0.1) is 4.90 Å². The summed E-state index contributed by atoms with van der Waals surface area (Å²) in [6, 6.07) is 6.61. The lowest BCUT2D eigenvalue weighted by Gasteiger charge is -2.40. The van der Waals surface area contributed by atoms with Crippen LogP contribution in [0.5, 0.6) is 0 Å². The van der Waals surface area contributed by atoms with E-state index in [1.165, 1.54) is 19.2 Å². The van der Waals surface area contributed by atoms with E-state index in [1.807, 2.05) is 0 Å². The second kappa shape index (κ2) is 8.34. The lowest BCUT2D eigenvalue weighted by Crippen LogP contribution is -2.53. The van der Waals surface area contributed by atoms with E-state index in [1.54, 1.807) is 17.0 Å². The minimum Gasteiger partial charge on any atom is -0.381 e. The maximum absolute atomic E-state index is 12.5. The first kappa shape index (κ1) is 19.1. The van der Waals surface area contributed by atoms with Crippen LogP contribution in [0.2, 0.25) is 0 Å². The smallest absolute Gasteiger partial charge is 0.321 e. The van der Waals surface area contributed by atoms with E-state index < -0.39 is 10.0 Å². The molecule has 1 aromatic carbocycles. The minimum absolute atomic E-state index is 0.127. The number of hydrogen-bond acceptors (Lipinski definition) is 5. The van der Waals surface area contributed by atoms with Crippen molar-refractivity contribution >= 4 is 21.7 Å². The normalized spacial score (nSPS) is 20.1. The summed E-state index contributed by atoms with van der Waals surface area (Å²) in [4.78, 5) is 16.8. The maximum atomic E-state index is 12.5. The van der Waals surface area contributed by atoms with Gasteiger partial charge in [0.1, 0.15) is 0 Å². The molecule has 2 amide bonds. The molecule has 0 atom stereocenters. The molecule has 2 N–H and O–H groups in total. The van der Waals surface area contributed by atoms with Crippen molar-refractivity contribution in [1.82, 2.24) is 14.5 Å². The van der Waals surface area contributed by atoms with Crippen LogP contribution in [-0.4, -0.2) is 76.7 Å². The van der Waals surface area contributed by atoms with Crippen molar-refractivity contribution < 1.29 is 17.9 Å². The molecule has 0 spiro atoms. The zero-order chi connectivity index (χ0) is 18.6. The van der Waals surface area contributed by atoms with Crippen LogP contribution in [0.1, 0.15) is 12.8 Å². The first-order valence-electron chi connectivity index (χ1n) is 8.91. The number of ether oxygens (including phenoxy) is 1. The van der Waals surface area contributed by atoms with E-state index in [4.69, 9.17) is 4.74 Å². The first-order chi connectivity index (χ1) is 12.5. The summed E-state index contributed by atoms with van der Waals surface area (Å²) in [7, 11) is -2.17. The average molecular weight is 382 g/mol. The Bertz CT molecular complexity index is 726. The number of anilines is 1. The average Bonchev–Trinajstić information content (AvgIpc) is 2.69. The van der Waals surface area contributed by atoms with Gasteiger partial charge in [-0.05, 0) is 38.1 Å². The van der Waals surface area contributed by atoms with Gasteiger partial charge in [0.25, 0.3) is 0 Å². The number of urea groups is 1. The fourth-order valence-electron chi connectivity index (χ4n) is 3.40. The van der Waals surface area contributed by atoms with Gasteiger partial charge in [-0.25, -0.2) is 17.9 Å². The molecule has 0 aromatic heterocycles. The number of piperazine rings is 1. The molecule has 2 saturated heterocycles. The van der Waals surface area contributed by atoms with Crippen molar-refractivity contribution in [3.05, 3.63) is 24.3 Å². The Kier molecular flexibility index (Phi) is 6.13. The zero-order valence-corrected chi connectivity index (χ0v) is 15.8. The molecular weight excluding hydrogens is 356 g/mol. The molecule has 0 radical (unpaired) electrons. The fraction of sp³-hybridized carbons (Fsp3) is 0.588. The topological polar surface area (TPSA) is 91.0 Å². The van der Waals surface area contributed by atoms with Crippen LogP contribution in [-0.2, 0) is 14.8 Å². The highest BCUT2D eigenvalue weighted by molar-refractivity contribution is 7.89. The molecule has 0 bridgehead atoms. The number of hydrogen-bond donors (Lipinski definition) is 2. The lowest BCUT2D eigenvalue weighted by atomic mass is 10.1. The molecule has 2 aliphatic rings. The molecule has 8 nitrogen and oxygen atoms in total. The van der Waals surface area contributed by atoms with Gasteiger partial charge in [0, 0.05) is 51.1 Å². The summed E-state index contributed by atoms with van der Waals surface area (Å²) >= 11 is 0. The van der Waals surface area contributed by atoms with Crippen LogP contribution >= 0.6 is 0 Å². The number of carbonyl (C=O) groups is 1. The Labute approximate surface area is 154 Å². The summed E-state index contributed by atoms with van der Waals surface area (Å²) < 4.78 is 31.4. The number of nitrogens with zero attached hydrogens (tertiary/aromatic N) is 2. The Balaban J connectivity index is 1.55. The van der Waals surface area contributed by atoms with E-state index in [-0.39, 0.29) is 10.9 Å². The molecule has 0 saturated carbocycles. The molecule has 2 fully saturated rings. The van der Waals surface area contributed by atoms with Gasteiger partial charge in [0.15, 0.2) is 0 Å². The molecule has 1 aromatic rings.